The molecule has 1 unspecified atom stereocenters. The van der Waals surface area contributed by atoms with Crippen LogP contribution in [0.25, 0.3) is 0 Å². The smallest absolute Gasteiger partial charge is 0.238 e. The first kappa shape index (κ1) is 19.8. The van der Waals surface area contributed by atoms with Gasteiger partial charge in [0.05, 0.1) is 18.4 Å². The zero-order chi connectivity index (χ0) is 20.1. The fourth-order valence-electron chi connectivity index (χ4n) is 4.13. The van der Waals surface area contributed by atoms with E-state index in [4.69, 9.17) is 0 Å². The number of hydrogen-bond acceptors (Lipinski definition) is 5. The van der Waals surface area contributed by atoms with E-state index >= 15 is 0 Å². The molecule has 2 aromatic rings. The van der Waals surface area contributed by atoms with Crippen LogP contribution in [0.4, 0.5) is 15.9 Å². The third-order valence-electron chi connectivity index (χ3n) is 5.65. The van der Waals surface area contributed by atoms with E-state index in [1.807, 2.05) is 18.2 Å². The molecule has 2 N–H and O–H groups in total. The largest absolute Gasteiger partial charge is 0.357 e. The van der Waals surface area contributed by atoms with Crippen LogP contribution in [-0.4, -0.2) is 55.1 Å². The van der Waals surface area contributed by atoms with Crippen LogP contribution in [0.15, 0.2) is 42.6 Å². The molecule has 1 aromatic carbocycles. The number of nitrogens with one attached hydrogen (secondary N) is 2. The summed E-state index contributed by atoms with van der Waals surface area (Å²) in [4.78, 5) is 21.5. The summed E-state index contributed by atoms with van der Waals surface area (Å²) in [6.07, 6.45) is 5.42. The third kappa shape index (κ3) is 5.10. The first-order chi connectivity index (χ1) is 14.2. The second kappa shape index (κ2) is 9.33. The molecule has 1 amide bonds. The summed E-state index contributed by atoms with van der Waals surface area (Å²) in [6.45, 7) is 4.60. The Morgan fingerprint density at radius 1 is 1.17 bits per heavy atom. The number of rotatable bonds is 5. The van der Waals surface area contributed by atoms with E-state index in [-0.39, 0.29) is 24.3 Å². The first-order valence-electron chi connectivity index (χ1n) is 10.4. The number of piperidine rings is 1. The summed E-state index contributed by atoms with van der Waals surface area (Å²) < 4.78 is 13.6. The molecule has 2 saturated heterocycles. The van der Waals surface area contributed by atoms with Crippen molar-refractivity contribution < 1.29 is 9.18 Å². The van der Waals surface area contributed by atoms with Crippen LogP contribution in [0, 0.1) is 5.82 Å². The standard InChI is InChI=1S/C22H28FN5O/c23-18-6-4-5-17(13-18)20-15-24-9-12-28(20)16-22(29)26-19-7-8-21(25-14-19)27-10-2-1-3-11-27/h4-8,13-14,20,24H,1-3,9-12,15-16H2,(H,26,29). The SMILES string of the molecule is O=C(CN1CCNCC1c1cccc(F)c1)Nc1ccc(N2CCCCC2)nc1. The van der Waals surface area contributed by atoms with Gasteiger partial charge >= 0.3 is 0 Å². The average Bonchev–Trinajstić information content (AvgIpc) is 2.75. The van der Waals surface area contributed by atoms with Crippen LogP contribution in [0.3, 0.4) is 0 Å². The Kier molecular flexibility index (Phi) is 6.36. The molecule has 0 spiro atoms. The number of nitrogens with zero attached hydrogens (tertiary/aromatic N) is 3. The Bertz CT molecular complexity index is 822. The number of aromatic nitrogens is 1. The van der Waals surface area contributed by atoms with E-state index in [1.54, 1.807) is 18.3 Å². The van der Waals surface area contributed by atoms with Gasteiger partial charge in [-0.05, 0) is 49.1 Å². The van der Waals surface area contributed by atoms with Gasteiger partial charge in [0.25, 0.3) is 0 Å². The summed E-state index contributed by atoms with van der Waals surface area (Å²) in [5, 5.41) is 6.28. The van der Waals surface area contributed by atoms with Crippen LogP contribution in [-0.2, 0) is 4.79 Å². The van der Waals surface area contributed by atoms with Gasteiger partial charge in [-0.1, -0.05) is 12.1 Å². The lowest BCUT2D eigenvalue weighted by Crippen LogP contribution is -2.48. The van der Waals surface area contributed by atoms with E-state index in [0.717, 1.165) is 37.6 Å². The molecular weight excluding hydrogens is 369 g/mol. The zero-order valence-electron chi connectivity index (χ0n) is 16.6. The summed E-state index contributed by atoms with van der Waals surface area (Å²) in [5.74, 6) is 0.633. The first-order valence-corrected chi connectivity index (χ1v) is 10.4. The molecule has 0 bridgehead atoms. The molecule has 154 valence electrons. The number of halogens is 1. The molecule has 0 aliphatic carbocycles. The second-order valence-corrected chi connectivity index (χ2v) is 7.75. The maximum atomic E-state index is 13.6. The third-order valence-corrected chi connectivity index (χ3v) is 5.65. The van der Waals surface area contributed by atoms with E-state index in [0.29, 0.717) is 12.2 Å². The highest BCUT2D eigenvalue weighted by atomic mass is 19.1. The number of carbonyl (C=O) groups is 1. The van der Waals surface area contributed by atoms with Crippen LogP contribution >= 0.6 is 0 Å². The highest BCUT2D eigenvalue weighted by molar-refractivity contribution is 5.92. The van der Waals surface area contributed by atoms with Gasteiger partial charge in [0.15, 0.2) is 0 Å². The Morgan fingerprint density at radius 3 is 2.79 bits per heavy atom. The van der Waals surface area contributed by atoms with Gasteiger partial charge in [0, 0.05) is 38.8 Å². The second-order valence-electron chi connectivity index (χ2n) is 7.75. The Balaban J connectivity index is 1.36. The van der Waals surface area contributed by atoms with Gasteiger partial charge in [-0.3, -0.25) is 9.69 Å². The fraction of sp³-hybridized carbons (Fsp3) is 0.455. The van der Waals surface area contributed by atoms with Crippen molar-refractivity contribution >= 4 is 17.4 Å². The maximum absolute atomic E-state index is 13.6. The normalized spacial score (nSPS) is 20.4. The number of carbonyl (C=O) groups excluding carboxylic acids is 1. The molecular formula is C22H28FN5O. The number of anilines is 2. The molecule has 1 atom stereocenters. The average molecular weight is 397 g/mol. The van der Waals surface area contributed by atoms with Gasteiger partial charge < -0.3 is 15.5 Å². The lowest BCUT2D eigenvalue weighted by molar-refractivity contribution is -0.118. The quantitative estimate of drug-likeness (QED) is 0.813. The van der Waals surface area contributed by atoms with Gasteiger partial charge in [0.2, 0.25) is 5.91 Å². The molecule has 0 radical (unpaired) electrons. The number of benzene rings is 1. The molecule has 6 nitrogen and oxygen atoms in total. The van der Waals surface area contributed by atoms with E-state index in [2.05, 4.69) is 25.4 Å². The molecule has 7 heteroatoms. The predicted octanol–water partition coefficient (Wildman–Crippen LogP) is 2.80. The lowest BCUT2D eigenvalue weighted by Gasteiger charge is -2.36. The highest BCUT2D eigenvalue weighted by Crippen LogP contribution is 2.23. The molecule has 3 heterocycles. The Morgan fingerprint density at radius 2 is 2.03 bits per heavy atom. The topological polar surface area (TPSA) is 60.5 Å². The van der Waals surface area contributed by atoms with Gasteiger partial charge in [-0.2, -0.15) is 0 Å². The fourth-order valence-corrected chi connectivity index (χ4v) is 4.13. The molecule has 1 aromatic heterocycles. The minimum Gasteiger partial charge on any atom is -0.357 e. The Labute approximate surface area is 171 Å². The van der Waals surface area contributed by atoms with E-state index in [1.165, 1.54) is 25.3 Å². The monoisotopic (exact) mass is 397 g/mol. The van der Waals surface area contributed by atoms with Gasteiger partial charge in [0.1, 0.15) is 11.6 Å². The number of hydrogen-bond donors (Lipinski definition) is 2. The summed E-state index contributed by atoms with van der Waals surface area (Å²) in [6, 6.07) is 10.5. The molecule has 2 fully saturated rings. The van der Waals surface area contributed by atoms with Crippen molar-refractivity contribution in [2.75, 3.05) is 49.5 Å². The van der Waals surface area contributed by atoms with E-state index < -0.39 is 0 Å². The van der Waals surface area contributed by atoms with Gasteiger partial charge in [-0.15, -0.1) is 0 Å². The molecule has 4 rings (SSSR count). The Hall–Kier alpha value is -2.51. The van der Waals surface area contributed by atoms with Crippen molar-refractivity contribution in [1.82, 2.24) is 15.2 Å². The van der Waals surface area contributed by atoms with Gasteiger partial charge in [-0.25, -0.2) is 9.37 Å². The van der Waals surface area contributed by atoms with E-state index in [9.17, 15) is 9.18 Å². The van der Waals surface area contributed by atoms with Crippen LogP contribution < -0.4 is 15.5 Å². The zero-order valence-corrected chi connectivity index (χ0v) is 16.6. The van der Waals surface area contributed by atoms with Crippen molar-refractivity contribution in [1.29, 1.82) is 0 Å². The van der Waals surface area contributed by atoms with Crippen molar-refractivity contribution in [3.8, 4) is 0 Å². The van der Waals surface area contributed by atoms with Crippen molar-refractivity contribution in [3.63, 3.8) is 0 Å². The number of piperazine rings is 1. The summed E-state index contributed by atoms with van der Waals surface area (Å²) >= 11 is 0. The van der Waals surface area contributed by atoms with Crippen LogP contribution in [0.2, 0.25) is 0 Å². The summed E-state index contributed by atoms with van der Waals surface area (Å²) in [5.41, 5.74) is 1.59. The van der Waals surface area contributed by atoms with Crippen molar-refractivity contribution in [3.05, 3.63) is 54.0 Å². The number of amides is 1. The minimum absolute atomic E-state index is 0.0233. The highest BCUT2D eigenvalue weighted by Gasteiger charge is 2.26. The predicted molar refractivity (Wildman–Crippen MR) is 113 cm³/mol. The number of pyridine rings is 1. The van der Waals surface area contributed by atoms with Crippen molar-refractivity contribution in [2.45, 2.75) is 25.3 Å². The molecule has 2 aliphatic heterocycles. The lowest BCUT2D eigenvalue weighted by atomic mass is 10.0. The van der Waals surface area contributed by atoms with Crippen molar-refractivity contribution in [2.24, 2.45) is 0 Å². The van der Waals surface area contributed by atoms with Crippen LogP contribution in [0.1, 0.15) is 30.9 Å². The molecule has 29 heavy (non-hydrogen) atoms. The van der Waals surface area contributed by atoms with Crippen LogP contribution in [0.5, 0.6) is 0 Å². The maximum Gasteiger partial charge on any atom is 0.238 e. The summed E-state index contributed by atoms with van der Waals surface area (Å²) in [7, 11) is 0. The molecule has 2 aliphatic rings. The minimum atomic E-state index is -0.252. The molecule has 0 saturated carbocycles.